The van der Waals surface area contributed by atoms with Gasteiger partial charge in [-0.15, -0.1) is 0 Å². The summed E-state index contributed by atoms with van der Waals surface area (Å²) < 4.78 is 12.6. The van der Waals surface area contributed by atoms with E-state index in [1.54, 1.807) is 18.0 Å². The molecule has 7 heteroatoms. The number of ether oxygens (including phenoxy) is 1. The molecule has 0 spiro atoms. The monoisotopic (exact) mass is 312 g/mol. The van der Waals surface area contributed by atoms with Gasteiger partial charge >= 0.3 is 0 Å². The van der Waals surface area contributed by atoms with Gasteiger partial charge < -0.3 is 9.15 Å². The molecule has 0 amide bonds. The molecule has 0 radical (unpaired) electrons. The summed E-state index contributed by atoms with van der Waals surface area (Å²) in [5.41, 5.74) is 5.69. The number of hydrogen-bond donors (Lipinski definition) is 2. The molecule has 0 aromatic carbocycles. The van der Waals surface area contributed by atoms with Crippen LogP contribution in [0.25, 0.3) is 0 Å². The van der Waals surface area contributed by atoms with Gasteiger partial charge in [0.25, 0.3) is 0 Å². The van der Waals surface area contributed by atoms with Crippen LogP contribution in [0, 0.1) is 20.8 Å². The van der Waals surface area contributed by atoms with E-state index in [4.69, 9.17) is 26.6 Å². The summed E-state index contributed by atoms with van der Waals surface area (Å²) in [6.45, 7) is 7.01. The van der Waals surface area contributed by atoms with E-state index >= 15 is 0 Å². The molecule has 2 aromatic rings. The third-order valence-corrected chi connectivity index (χ3v) is 3.98. The minimum absolute atomic E-state index is 0.283. The van der Waals surface area contributed by atoms with Crippen molar-refractivity contribution < 1.29 is 9.15 Å². The molecular weight excluding hydrogens is 292 g/mol. The van der Waals surface area contributed by atoms with E-state index in [2.05, 4.69) is 10.5 Å². The van der Waals surface area contributed by atoms with Gasteiger partial charge in [0, 0.05) is 12.7 Å². The minimum Gasteiger partial charge on any atom is -0.466 e. The predicted octanol–water partition coefficient (Wildman–Crippen LogP) is 2.25. The first-order valence-corrected chi connectivity index (χ1v) is 7.11. The molecule has 0 saturated heterocycles. The summed E-state index contributed by atoms with van der Waals surface area (Å²) in [6.07, 6.45) is 1.62. The van der Waals surface area contributed by atoms with Crippen LogP contribution in [0.2, 0.25) is 5.02 Å². The Morgan fingerprint density at radius 3 is 2.67 bits per heavy atom. The molecule has 3 N–H and O–H groups in total. The van der Waals surface area contributed by atoms with Crippen LogP contribution in [0.15, 0.2) is 10.6 Å². The molecule has 0 aliphatic carbocycles. The van der Waals surface area contributed by atoms with Crippen LogP contribution < -0.4 is 11.3 Å². The summed E-state index contributed by atoms with van der Waals surface area (Å²) >= 11 is 6.31. The van der Waals surface area contributed by atoms with Crippen molar-refractivity contribution in [1.82, 2.24) is 15.2 Å². The molecule has 0 bridgehead atoms. The Morgan fingerprint density at radius 1 is 1.43 bits per heavy atom. The topological polar surface area (TPSA) is 78.2 Å². The average Bonchev–Trinajstić information content (AvgIpc) is 2.93. The zero-order chi connectivity index (χ0) is 15.6. The maximum atomic E-state index is 6.31. The van der Waals surface area contributed by atoms with Gasteiger partial charge in [-0.25, -0.2) is 5.43 Å². The Balaban J connectivity index is 2.49. The van der Waals surface area contributed by atoms with Gasteiger partial charge in [-0.2, -0.15) is 5.10 Å². The van der Waals surface area contributed by atoms with Gasteiger partial charge in [-0.3, -0.25) is 10.5 Å². The summed E-state index contributed by atoms with van der Waals surface area (Å²) in [6, 6.07) is -0.283. The van der Waals surface area contributed by atoms with Crippen molar-refractivity contribution in [3.05, 3.63) is 39.6 Å². The molecule has 1 atom stereocenters. The zero-order valence-electron chi connectivity index (χ0n) is 12.7. The number of nitrogens with zero attached hydrogens (tertiary/aromatic N) is 2. The number of furan rings is 1. The van der Waals surface area contributed by atoms with Crippen molar-refractivity contribution in [1.29, 1.82) is 0 Å². The number of aryl methyl sites for hydroxylation is 2. The molecular formula is C14H21ClN4O2. The quantitative estimate of drug-likeness (QED) is 0.632. The first kappa shape index (κ1) is 16.0. The normalized spacial score (nSPS) is 12.9. The summed E-state index contributed by atoms with van der Waals surface area (Å²) in [7, 11) is 1.65. The molecule has 2 aromatic heterocycles. The Bertz CT molecular complexity index is 621. The van der Waals surface area contributed by atoms with Crippen molar-refractivity contribution in [3.8, 4) is 0 Å². The van der Waals surface area contributed by atoms with Crippen LogP contribution in [0.5, 0.6) is 0 Å². The van der Waals surface area contributed by atoms with Crippen LogP contribution in [-0.2, 0) is 11.3 Å². The molecule has 0 fully saturated rings. The molecule has 21 heavy (non-hydrogen) atoms. The highest BCUT2D eigenvalue weighted by Crippen LogP contribution is 2.34. The van der Waals surface area contributed by atoms with E-state index in [1.165, 1.54) is 0 Å². The molecule has 2 rings (SSSR count). The van der Waals surface area contributed by atoms with Crippen molar-refractivity contribution >= 4 is 11.6 Å². The number of rotatable bonds is 6. The first-order chi connectivity index (χ1) is 10.0. The highest BCUT2D eigenvalue weighted by atomic mass is 35.5. The first-order valence-electron chi connectivity index (χ1n) is 6.74. The van der Waals surface area contributed by atoms with Crippen molar-refractivity contribution in [2.75, 3.05) is 13.7 Å². The minimum atomic E-state index is -0.283. The van der Waals surface area contributed by atoms with E-state index in [0.29, 0.717) is 18.2 Å². The van der Waals surface area contributed by atoms with Crippen molar-refractivity contribution in [2.45, 2.75) is 33.4 Å². The van der Waals surface area contributed by atoms with Crippen LogP contribution in [0.1, 0.15) is 34.4 Å². The lowest BCUT2D eigenvalue weighted by molar-refractivity contribution is 0.182. The Kier molecular flexibility index (Phi) is 5.05. The standard InChI is InChI=1S/C14H21ClN4O2/c1-8-9(2)21-10(3)12(8)13(18-16)14-11(15)7-17-19(14)5-6-20-4/h7,13,18H,5-6,16H2,1-4H3. The molecule has 0 aliphatic heterocycles. The lowest BCUT2D eigenvalue weighted by Crippen LogP contribution is -2.32. The SMILES string of the molecule is COCCn1ncc(Cl)c1C(NN)c1c(C)oc(C)c1C. The van der Waals surface area contributed by atoms with E-state index in [9.17, 15) is 0 Å². The van der Waals surface area contributed by atoms with Gasteiger partial charge in [0.2, 0.25) is 0 Å². The summed E-state index contributed by atoms with van der Waals surface area (Å²) in [5, 5.41) is 4.85. The van der Waals surface area contributed by atoms with Gasteiger partial charge in [0.05, 0.1) is 36.1 Å². The fraction of sp³-hybridized carbons (Fsp3) is 0.500. The lowest BCUT2D eigenvalue weighted by Gasteiger charge is -2.19. The van der Waals surface area contributed by atoms with Crippen LogP contribution >= 0.6 is 11.6 Å². The van der Waals surface area contributed by atoms with Gasteiger partial charge in [0.1, 0.15) is 11.5 Å². The molecule has 2 heterocycles. The summed E-state index contributed by atoms with van der Waals surface area (Å²) in [5.74, 6) is 7.49. The second kappa shape index (κ2) is 6.62. The fourth-order valence-electron chi connectivity index (χ4n) is 2.55. The average molecular weight is 313 g/mol. The number of hydrogen-bond acceptors (Lipinski definition) is 5. The maximum absolute atomic E-state index is 6.31. The predicted molar refractivity (Wildman–Crippen MR) is 81.2 cm³/mol. The van der Waals surface area contributed by atoms with Crippen molar-refractivity contribution in [3.63, 3.8) is 0 Å². The van der Waals surface area contributed by atoms with Crippen LogP contribution in [0.4, 0.5) is 0 Å². The Hall–Kier alpha value is -1.34. The summed E-state index contributed by atoms with van der Waals surface area (Å²) in [4.78, 5) is 0. The number of nitrogens with two attached hydrogens (primary N) is 1. The highest BCUT2D eigenvalue weighted by molar-refractivity contribution is 6.31. The molecule has 116 valence electrons. The number of halogens is 1. The second-order valence-corrected chi connectivity index (χ2v) is 5.35. The molecule has 1 unspecified atom stereocenters. The number of aromatic nitrogens is 2. The zero-order valence-corrected chi connectivity index (χ0v) is 13.5. The Morgan fingerprint density at radius 2 is 2.14 bits per heavy atom. The van der Waals surface area contributed by atoms with Crippen LogP contribution in [0.3, 0.4) is 0 Å². The number of nitrogens with one attached hydrogen (secondary N) is 1. The molecule has 6 nitrogen and oxygen atoms in total. The molecule has 0 aliphatic rings. The van der Waals surface area contributed by atoms with Crippen molar-refractivity contribution in [2.24, 2.45) is 5.84 Å². The number of methoxy groups -OCH3 is 1. The number of hydrazine groups is 1. The smallest absolute Gasteiger partial charge is 0.106 e. The highest BCUT2D eigenvalue weighted by Gasteiger charge is 2.27. The lowest BCUT2D eigenvalue weighted by atomic mass is 10.00. The molecule has 0 saturated carbocycles. The maximum Gasteiger partial charge on any atom is 0.106 e. The van der Waals surface area contributed by atoms with E-state index in [1.807, 2.05) is 20.8 Å². The second-order valence-electron chi connectivity index (χ2n) is 4.95. The third kappa shape index (κ3) is 2.98. The van der Waals surface area contributed by atoms with Gasteiger partial charge in [0.15, 0.2) is 0 Å². The fourth-order valence-corrected chi connectivity index (χ4v) is 2.80. The van der Waals surface area contributed by atoms with Crippen LogP contribution in [-0.4, -0.2) is 23.5 Å². The third-order valence-electron chi connectivity index (χ3n) is 3.69. The van der Waals surface area contributed by atoms with E-state index in [0.717, 1.165) is 28.3 Å². The van der Waals surface area contributed by atoms with Gasteiger partial charge in [-0.1, -0.05) is 11.6 Å². The van der Waals surface area contributed by atoms with Gasteiger partial charge in [-0.05, 0) is 26.3 Å². The van der Waals surface area contributed by atoms with E-state index < -0.39 is 0 Å². The Labute approximate surface area is 129 Å². The largest absolute Gasteiger partial charge is 0.466 e. The van der Waals surface area contributed by atoms with E-state index in [-0.39, 0.29) is 6.04 Å².